The highest BCUT2D eigenvalue weighted by molar-refractivity contribution is 5.85. The number of benzene rings is 1. The number of aromatic nitrogens is 2. The first-order valence-corrected chi connectivity index (χ1v) is 9.54. The molecule has 1 atom stereocenters. The molecule has 0 aliphatic carbocycles. The Kier molecular flexibility index (Phi) is 5.29. The number of fused-ring (bicyclic) bond motifs is 1. The molecule has 1 fully saturated rings. The molecule has 3 aromatic rings. The lowest BCUT2D eigenvalue weighted by Gasteiger charge is -2.34. The first kappa shape index (κ1) is 17.9. The molecule has 0 amide bonds. The average molecular weight is 366 g/mol. The van der Waals surface area contributed by atoms with Crippen LogP contribution in [0.4, 0.5) is 0 Å². The highest BCUT2D eigenvalue weighted by Crippen LogP contribution is 2.32. The molecule has 1 aliphatic heterocycles. The van der Waals surface area contributed by atoms with Gasteiger partial charge in [0, 0.05) is 17.8 Å². The summed E-state index contributed by atoms with van der Waals surface area (Å²) in [5, 5.41) is 21.2. The summed E-state index contributed by atoms with van der Waals surface area (Å²) in [5.41, 5.74) is 2.48. The zero-order valence-electron chi connectivity index (χ0n) is 15.3. The topological polar surface area (TPSA) is 75.1 Å². The van der Waals surface area contributed by atoms with Gasteiger partial charge in [-0.3, -0.25) is 9.97 Å². The third-order valence-corrected chi connectivity index (χ3v) is 5.55. The molecule has 4 rings (SSSR count). The lowest BCUT2D eigenvalue weighted by Crippen LogP contribution is -3.28. The molecule has 1 aromatic carbocycles. The minimum Gasteiger partial charge on any atom is -0.505 e. The predicted octanol–water partition coefficient (Wildman–Crippen LogP) is -0.799. The van der Waals surface area contributed by atoms with Gasteiger partial charge in [0.25, 0.3) is 0 Å². The van der Waals surface area contributed by atoms with Crippen molar-refractivity contribution in [1.29, 1.82) is 0 Å². The monoisotopic (exact) mass is 366 g/mol. The van der Waals surface area contributed by atoms with Gasteiger partial charge in [0.1, 0.15) is 43.9 Å². The Labute approximate surface area is 158 Å². The zero-order chi connectivity index (χ0) is 18.6. The van der Waals surface area contributed by atoms with Crippen molar-refractivity contribution in [3.8, 4) is 5.75 Å². The van der Waals surface area contributed by atoms with Crippen LogP contribution in [0, 0.1) is 0 Å². The minimum absolute atomic E-state index is 0.0340. The van der Waals surface area contributed by atoms with Gasteiger partial charge >= 0.3 is 0 Å². The minimum atomic E-state index is -0.0340. The van der Waals surface area contributed by atoms with Crippen LogP contribution in [0.25, 0.3) is 10.9 Å². The van der Waals surface area contributed by atoms with E-state index in [1.54, 1.807) is 6.20 Å². The number of phenols is 1. The first-order valence-electron chi connectivity index (χ1n) is 9.54. The molecule has 2 aromatic heterocycles. The van der Waals surface area contributed by atoms with Crippen LogP contribution in [0.15, 0.2) is 54.9 Å². The van der Waals surface area contributed by atoms with E-state index in [1.807, 2.05) is 48.7 Å². The average Bonchev–Trinajstić information content (AvgIpc) is 2.72. The quantitative estimate of drug-likeness (QED) is 0.477. The molecule has 140 valence electrons. The van der Waals surface area contributed by atoms with E-state index in [9.17, 15) is 10.2 Å². The van der Waals surface area contributed by atoms with E-state index in [0.29, 0.717) is 5.52 Å². The van der Waals surface area contributed by atoms with E-state index in [4.69, 9.17) is 0 Å². The molecule has 27 heavy (non-hydrogen) atoms. The summed E-state index contributed by atoms with van der Waals surface area (Å²) in [6.07, 6.45) is 3.52. The maximum Gasteiger partial charge on any atom is 0.160 e. The van der Waals surface area contributed by atoms with Crippen LogP contribution in [0.5, 0.6) is 5.75 Å². The van der Waals surface area contributed by atoms with Gasteiger partial charge in [0.05, 0.1) is 12.2 Å². The van der Waals surface area contributed by atoms with E-state index in [-0.39, 0.29) is 18.4 Å². The van der Waals surface area contributed by atoms with Crippen molar-refractivity contribution in [2.24, 2.45) is 0 Å². The summed E-state index contributed by atoms with van der Waals surface area (Å²) < 4.78 is 0. The van der Waals surface area contributed by atoms with Gasteiger partial charge in [0.15, 0.2) is 11.8 Å². The van der Waals surface area contributed by atoms with Crippen molar-refractivity contribution in [1.82, 2.24) is 9.97 Å². The lowest BCUT2D eigenvalue weighted by atomic mass is 9.97. The number of aliphatic hydroxyl groups is 1. The van der Waals surface area contributed by atoms with Crippen molar-refractivity contribution < 1.29 is 20.0 Å². The number of nitrogens with zero attached hydrogens (tertiary/aromatic N) is 2. The van der Waals surface area contributed by atoms with Gasteiger partial charge in [0.2, 0.25) is 0 Å². The highest BCUT2D eigenvalue weighted by Gasteiger charge is 2.34. The van der Waals surface area contributed by atoms with Gasteiger partial charge in [-0.2, -0.15) is 0 Å². The summed E-state index contributed by atoms with van der Waals surface area (Å²) in [6, 6.07) is 13.8. The molecule has 3 heterocycles. The van der Waals surface area contributed by atoms with E-state index in [0.717, 1.165) is 49.4 Å². The summed E-state index contributed by atoms with van der Waals surface area (Å²) in [7, 11) is 0. The number of hydrogen-bond donors (Lipinski definition) is 4. The molecule has 0 bridgehead atoms. The third kappa shape index (κ3) is 3.64. The molecule has 1 saturated heterocycles. The van der Waals surface area contributed by atoms with Crippen LogP contribution in [-0.4, -0.2) is 59.5 Å². The maximum absolute atomic E-state index is 11.0. The van der Waals surface area contributed by atoms with Gasteiger partial charge in [-0.05, 0) is 24.3 Å². The fourth-order valence-electron chi connectivity index (χ4n) is 4.13. The number of pyridine rings is 2. The SMILES string of the molecule is OCC[NH+]1CC[NH+]([C@H](c2ccccn2)c2ccc3cccnc3c2O)CC1. The molecule has 0 spiro atoms. The number of quaternary nitrogens is 2. The number of aromatic hydroxyl groups is 1. The molecular weight excluding hydrogens is 340 g/mol. The number of hydrogen-bond acceptors (Lipinski definition) is 4. The highest BCUT2D eigenvalue weighted by atomic mass is 16.3. The summed E-state index contributed by atoms with van der Waals surface area (Å²) in [6.45, 7) is 4.97. The van der Waals surface area contributed by atoms with E-state index < -0.39 is 0 Å². The Morgan fingerprint density at radius 1 is 0.926 bits per heavy atom. The first-order chi connectivity index (χ1) is 13.3. The Bertz CT molecular complexity index is 895. The standard InChI is InChI=1S/C21H24N4O2/c26-15-14-24-10-12-25(13-11-24)20(18-5-1-2-8-22-18)17-7-6-16-4-3-9-23-19(16)21(17)27/h1-9,20,26-27H,10-15H2/p+2/t20-/m0/s1. The van der Waals surface area contributed by atoms with Crippen molar-refractivity contribution in [3.05, 3.63) is 66.1 Å². The van der Waals surface area contributed by atoms with Crippen molar-refractivity contribution in [2.45, 2.75) is 6.04 Å². The number of rotatable bonds is 5. The van der Waals surface area contributed by atoms with Crippen LogP contribution in [-0.2, 0) is 0 Å². The molecule has 1 aliphatic rings. The van der Waals surface area contributed by atoms with E-state index in [1.165, 1.54) is 9.80 Å². The predicted molar refractivity (Wildman–Crippen MR) is 103 cm³/mol. The second-order valence-electron chi connectivity index (χ2n) is 7.15. The Hall–Kier alpha value is -2.54. The van der Waals surface area contributed by atoms with Gasteiger partial charge in [-0.25, -0.2) is 0 Å². The molecule has 0 saturated carbocycles. The largest absolute Gasteiger partial charge is 0.505 e. The zero-order valence-corrected chi connectivity index (χ0v) is 15.3. The molecule has 6 heteroatoms. The van der Waals surface area contributed by atoms with Crippen LogP contribution in [0.1, 0.15) is 17.3 Å². The third-order valence-electron chi connectivity index (χ3n) is 5.55. The van der Waals surface area contributed by atoms with Gasteiger partial charge in [-0.15, -0.1) is 0 Å². The normalized spacial score (nSPS) is 21.2. The smallest absolute Gasteiger partial charge is 0.160 e. The molecule has 0 radical (unpaired) electrons. The fraction of sp³-hybridized carbons (Fsp3) is 0.333. The lowest BCUT2D eigenvalue weighted by molar-refractivity contribution is -1.02. The number of phenolic OH excluding ortho intramolecular Hbond substituents is 1. The van der Waals surface area contributed by atoms with Crippen LogP contribution < -0.4 is 9.80 Å². The van der Waals surface area contributed by atoms with E-state index >= 15 is 0 Å². The number of nitrogens with one attached hydrogen (secondary N) is 2. The molecular formula is C21H26N4O2+2. The summed E-state index contributed by atoms with van der Waals surface area (Å²) in [5.74, 6) is 0.251. The summed E-state index contributed by atoms with van der Waals surface area (Å²) >= 11 is 0. The van der Waals surface area contributed by atoms with Crippen molar-refractivity contribution >= 4 is 10.9 Å². The second kappa shape index (κ2) is 8.00. The molecule has 4 N–H and O–H groups in total. The second-order valence-corrected chi connectivity index (χ2v) is 7.15. The molecule has 6 nitrogen and oxygen atoms in total. The number of aliphatic hydroxyl groups excluding tert-OH is 1. The van der Waals surface area contributed by atoms with Crippen LogP contribution in [0.3, 0.4) is 0 Å². The van der Waals surface area contributed by atoms with Gasteiger partial charge < -0.3 is 20.0 Å². The van der Waals surface area contributed by atoms with Crippen LogP contribution in [0.2, 0.25) is 0 Å². The Balaban J connectivity index is 1.73. The Morgan fingerprint density at radius 3 is 2.48 bits per heavy atom. The number of piperazine rings is 1. The fourth-order valence-corrected chi connectivity index (χ4v) is 4.13. The Morgan fingerprint density at radius 2 is 1.74 bits per heavy atom. The van der Waals surface area contributed by atoms with Crippen molar-refractivity contribution in [2.75, 3.05) is 39.3 Å². The maximum atomic E-state index is 11.0. The molecule has 0 unspecified atom stereocenters. The van der Waals surface area contributed by atoms with Gasteiger partial charge in [-0.1, -0.05) is 18.2 Å². The van der Waals surface area contributed by atoms with Crippen LogP contribution >= 0.6 is 0 Å². The summed E-state index contributed by atoms with van der Waals surface area (Å²) in [4.78, 5) is 11.8. The van der Waals surface area contributed by atoms with Crippen molar-refractivity contribution in [3.63, 3.8) is 0 Å². The van der Waals surface area contributed by atoms with E-state index in [2.05, 4.69) is 9.97 Å².